The van der Waals surface area contributed by atoms with E-state index in [4.69, 9.17) is 4.74 Å². The van der Waals surface area contributed by atoms with E-state index in [1.165, 1.54) is 18.3 Å². The second-order valence-electron chi connectivity index (χ2n) is 5.62. The Morgan fingerprint density at radius 1 is 1.43 bits per heavy atom. The Morgan fingerprint density at radius 3 is 2.70 bits per heavy atom. The first-order chi connectivity index (χ1) is 10.8. The van der Waals surface area contributed by atoms with Crippen molar-refractivity contribution in [2.45, 2.75) is 56.0 Å². The van der Waals surface area contributed by atoms with Gasteiger partial charge in [0.15, 0.2) is 5.78 Å². The molecule has 0 fully saturated rings. The highest BCUT2D eigenvalue weighted by atomic mass is 32.2. The van der Waals surface area contributed by atoms with Crippen LogP contribution in [0.3, 0.4) is 0 Å². The summed E-state index contributed by atoms with van der Waals surface area (Å²) in [4.78, 5) is 36.8. The number of carbonyl (C=O) groups is 3. The lowest BCUT2D eigenvalue weighted by Gasteiger charge is -2.23. The van der Waals surface area contributed by atoms with Gasteiger partial charge in [-0.05, 0) is 25.3 Å². The largest absolute Gasteiger partial charge is 0.462 e. The number of ether oxygens (including phenoxy) is 1. The summed E-state index contributed by atoms with van der Waals surface area (Å²) in [5.41, 5.74) is 1.38. The molecular formula is C16H21NO4S2. The van der Waals surface area contributed by atoms with Crippen LogP contribution in [0.4, 0.5) is 0 Å². The van der Waals surface area contributed by atoms with Crippen molar-refractivity contribution in [3.63, 3.8) is 0 Å². The lowest BCUT2D eigenvalue weighted by molar-refractivity contribution is -0.119. The quantitative estimate of drug-likeness (QED) is 0.649. The first kappa shape index (κ1) is 18.0. The van der Waals surface area contributed by atoms with Gasteiger partial charge in [0.05, 0.1) is 16.9 Å². The lowest BCUT2D eigenvalue weighted by Crippen LogP contribution is -2.42. The van der Waals surface area contributed by atoms with E-state index in [1.807, 2.05) is 13.8 Å². The maximum atomic E-state index is 12.8. The fourth-order valence-electron chi connectivity index (χ4n) is 2.57. The van der Waals surface area contributed by atoms with Crippen molar-refractivity contribution in [2.75, 3.05) is 6.61 Å². The molecule has 7 heteroatoms. The highest BCUT2D eigenvalue weighted by Gasteiger charge is 2.36. The fraction of sp³-hybridized carbons (Fsp3) is 0.562. The number of Topliss-reactive ketones (excluding diaryl/α,β-unsaturated/α-hetero) is 1. The molecule has 1 heterocycles. The number of rotatable bonds is 5. The first-order valence-corrected chi connectivity index (χ1v) is 9.35. The summed E-state index contributed by atoms with van der Waals surface area (Å²) in [6.07, 6.45) is 1.11. The van der Waals surface area contributed by atoms with Gasteiger partial charge in [-0.15, -0.1) is 23.1 Å². The van der Waals surface area contributed by atoms with Crippen molar-refractivity contribution in [2.24, 2.45) is 0 Å². The van der Waals surface area contributed by atoms with Gasteiger partial charge < -0.3 is 10.1 Å². The zero-order valence-electron chi connectivity index (χ0n) is 13.7. The van der Waals surface area contributed by atoms with E-state index in [0.29, 0.717) is 35.1 Å². The van der Waals surface area contributed by atoms with Crippen LogP contribution in [-0.4, -0.2) is 35.6 Å². The maximum absolute atomic E-state index is 12.8. The van der Waals surface area contributed by atoms with Crippen molar-refractivity contribution in [1.29, 1.82) is 0 Å². The Balaban J connectivity index is 2.44. The minimum Gasteiger partial charge on any atom is -0.462 e. The number of esters is 1. The summed E-state index contributed by atoms with van der Waals surface area (Å²) in [7, 11) is 0. The summed E-state index contributed by atoms with van der Waals surface area (Å²) in [5, 5.41) is 3.00. The number of hydrogen-bond donors (Lipinski definition) is 1. The van der Waals surface area contributed by atoms with Gasteiger partial charge in [-0.3, -0.25) is 9.59 Å². The van der Waals surface area contributed by atoms with E-state index in [-0.39, 0.29) is 17.7 Å². The Hall–Kier alpha value is -1.34. The molecule has 2 rings (SSSR count). The van der Waals surface area contributed by atoms with Crippen molar-refractivity contribution < 1.29 is 19.1 Å². The van der Waals surface area contributed by atoms with Gasteiger partial charge in [0.1, 0.15) is 4.88 Å². The highest BCUT2D eigenvalue weighted by molar-refractivity contribution is 8.01. The van der Waals surface area contributed by atoms with Crippen LogP contribution in [0.5, 0.6) is 0 Å². The van der Waals surface area contributed by atoms with Crippen LogP contribution in [0.25, 0.3) is 0 Å². The molecule has 1 aromatic rings. The molecule has 0 spiro atoms. The molecule has 1 aromatic heterocycles. The van der Waals surface area contributed by atoms with E-state index in [9.17, 15) is 14.4 Å². The van der Waals surface area contributed by atoms with Crippen LogP contribution in [0, 0.1) is 0 Å². The van der Waals surface area contributed by atoms with Crippen LogP contribution >= 0.6 is 23.1 Å². The number of fused-ring (bicyclic) bond motifs is 1. The zero-order chi connectivity index (χ0) is 17.1. The number of ketones is 1. The molecule has 1 aliphatic carbocycles. The number of hydrogen-bond acceptors (Lipinski definition) is 6. The molecule has 0 saturated heterocycles. The molecule has 0 aliphatic heterocycles. The Labute approximate surface area is 144 Å². The molecule has 0 bridgehead atoms. The minimum absolute atomic E-state index is 0.101. The van der Waals surface area contributed by atoms with Gasteiger partial charge in [-0.2, -0.15) is 0 Å². The van der Waals surface area contributed by atoms with E-state index in [0.717, 1.165) is 9.77 Å². The third kappa shape index (κ3) is 3.95. The number of thioether (sulfide) groups is 1. The normalized spacial score (nSPS) is 17.1. The third-order valence-electron chi connectivity index (χ3n) is 3.40. The molecule has 5 nitrogen and oxygen atoms in total. The number of amides is 1. The average molecular weight is 355 g/mol. The summed E-state index contributed by atoms with van der Waals surface area (Å²) in [5.74, 6) is -0.683. The second kappa shape index (κ2) is 7.49. The molecule has 1 atom stereocenters. The van der Waals surface area contributed by atoms with Gasteiger partial charge in [0, 0.05) is 17.7 Å². The van der Waals surface area contributed by atoms with Gasteiger partial charge in [0.2, 0.25) is 5.91 Å². The number of carbonyl (C=O) groups excluding carboxylic acids is 3. The second-order valence-corrected chi connectivity index (χ2v) is 8.48. The minimum atomic E-state index is -0.504. The molecule has 1 N–H and O–H groups in total. The molecule has 0 aromatic carbocycles. The summed E-state index contributed by atoms with van der Waals surface area (Å²) in [6, 6.07) is -0.504. The first-order valence-electron chi connectivity index (χ1n) is 7.65. The molecule has 1 unspecified atom stereocenters. The standard InChI is InChI=1S/C16H21NO4S2/c1-5-21-15(20)14-10-6-7-11(17-9(4)18)13(19)12(10)16(23-14)22-8(2)3/h8,11H,5-7H2,1-4H3,(H,17,18). The van der Waals surface area contributed by atoms with E-state index in [1.54, 1.807) is 18.7 Å². The molecule has 1 amide bonds. The monoisotopic (exact) mass is 355 g/mol. The predicted molar refractivity (Wildman–Crippen MR) is 91.5 cm³/mol. The predicted octanol–water partition coefficient (Wildman–Crippen LogP) is 3.06. The van der Waals surface area contributed by atoms with E-state index < -0.39 is 6.04 Å². The van der Waals surface area contributed by atoms with E-state index >= 15 is 0 Å². The lowest BCUT2D eigenvalue weighted by atomic mass is 9.88. The molecule has 126 valence electrons. The van der Waals surface area contributed by atoms with Crippen molar-refractivity contribution in [3.8, 4) is 0 Å². The van der Waals surface area contributed by atoms with Crippen molar-refractivity contribution in [1.82, 2.24) is 5.32 Å². The summed E-state index contributed by atoms with van der Waals surface area (Å²) < 4.78 is 5.97. The van der Waals surface area contributed by atoms with Crippen LogP contribution < -0.4 is 5.32 Å². The molecule has 0 radical (unpaired) electrons. The molecule has 23 heavy (non-hydrogen) atoms. The van der Waals surface area contributed by atoms with Crippen LogP contribution in [-0.2, 0) is 16.0 Å². The van der Waals surface area contributed by atoms with E-state index in [2.05, 4.69) is 5.32 Å². The summed E-state index contributed by atoms with van der Waals surface area (Å²) in [6.45, 7) is 7.56. The molecular weight excluding hydrogens is 334 g/mol. The van der Waals surface area contributed by atoms with Gasteiger partial charge >= 0.3 is 5.97 Å². The van der Waals surface area contributed by atoms with Crippen molar-refractivity contribution >= 4 is 40.8 Å². The molecule has 1 aliphatic rings. The SMILES string of the molecule is CCOC(=O)c1sc(SC(C)C)c2c1CCC(NC(C)=O)C2=O. The number of thiophene rings is 1. The Morgan fingerprint density at radius 2 is 2.13 bits per heavy atom. The topological polar surface area (TPSA) is 72.5 Å². The van der Waals surface area contributed by atoms with Gasteiger partial charge in [-0.25, -0.2) is 4.79 Å². The van der Waals surface area contributed by atoms with Crippen LogP contribution in [0.1, 0.15) is 59.7 Å². The highest BCUT2D eigenvalue weighted by Crippen LogP contribution is 2.42. The Kier molecular flexibility index (Phi) is 5.86. The average Bonchev–Trinajstić information content (AvgIpc) is 2.80. The molecule has 0 saturated carbocycles. The van der Waals surface area contributed by atoms with Gasteiger partial charge in [0.25, 0.3) is 0 Å². The Bertz CT molecular complexity index is 636. The smallest absolute Gasteiger partial charge is 0.348 e. The number of nitrogens with one attached hydrogen (secondary N) is 1. The van der Waals surface area contributed by atoms with Crippen LogP contribution in [0.15, 0.2) is 4.21 Å². The third-order valence-corrected chi connectivity index (χ3v) is 5.84. The van der Waals surface area contributed by atoms with Crippen LogP contribution in [0.2, 0.25) is 0 Å². The fourth-order valence-corrected chi connectivity index (χ4v) is 5.34. The summed E-state index contributed by atoms with van der Waals surface area (Å²) >= 11 is 2.90. The van der Waals surface area contributed by atoms with Gasteiger partial charge in [-0.1, -0.05) is 13.8 Å². The maximum Gasteiger partial charge on any atom is 0.348 e. The van der Waals surface area contributed by atoms with Crippen molar-refractivity contribution in [3.05, 3.63) is 16.0 Å². The zero-order valence-corrected chi connectivity index (χ0v) is 15.4.